The predicted molar refractivity (Wildman–Crippen MR) is 97.5 cm³/mol. The van der Waals surface area contributed by atoms with E-state index >= 15 is 0 Å². The third kappa shape index (κ3) is 3.72. The Kier molecular flexibility index (Phi) is 4.80. The molecule has 0 spiro atoms. The van der Waals surface area contributed by atoms with Gasteiger partial charge >= 0.3 is 0 Å². The highest BCUT2D eigenvalue weighted by Crippen LogP contribution is 2.26. The zero-order chi connectivity index (χ0) is 17.2. The Morgan fingerprint density at radius 3 is 2.46 bits per heavy atom. The van der Waals surface area contributed by atoms with Crippen LogP contribution in [0.5, 0.6) is 0 Å². The van der Waals surface area contributed by atoms with Gasteiger partial charge in [0, 0.05) is 10.9 Å². The van der Waals surface area contributed by atoms with Gasteiger partial charge in [-0.2, -0.15) is 0 Å². The van der Waals surface area contributed by atoms with Gasteiger partial charge in [0.1, 0.15) is 5.01 Å². The molecule has 0 bridgehead atoms. The van der Waals surface area contributed by atoms with Crippen molar-refractivity contribution in [3.63, 3.8) is 0 Å². The molecule has 0 aliphatic rings. The number of sulfonamides is 1. The Bertz CT molecular complexity index is 945. The van der Waals surface area contributed by atoms with Gasteiger partial charge in [-0.05, 0) is 31.5 Å². The maximum atomic E-state index is 12.3. The van der Waals surface area contributed by atoms with Gasteiger partial charge in [0.2, 0.25) is 10.0 Å². The molecule has 0 aliphatic carbocycles. The van der Waals surface area contributed by atoms with E-state index in [2.05, 4.69) is 9.71 Å². The molecule has 1 aromatic heterocycles. The first-order valence-electron chi connectivity index (χ1n) is 7.52. The van der Waals surface area contributed by atoms with E-state index in [-0.39, 0.29) is 11.4 Å². The van der Waals surface area contributed by atoms with Crippen LogP contribution in [0.3, 0.4) is 0 Å². The van der Waals surface area contributed by atoms with E-state index in [0.29, 0.717) is 5.69 Å². The first-order chi connectivity index (χ1) is 11.5. The summed E-state index contributed by atoms with van der Waals surface area (Å²) in [7, 11) is -3.52. The summed E-state index contributed by atoms with van der Waals surface area (Å²) >= 11 is 1.52. The monoisotopic (exact) mass is 358 g/mol. The Balaban J connectivity index is 1.74. The highest BCUT2D eigenvalue weighted by Gasteiger charge is 2.14. The van der Waals surface area contributed by atoms with Crippen molar-refractivity contribution in [2.75, 3.05) is 0 Å². The molecular formula is C18H18N2O2S2. The fourth-order valence-corrected chi connectivity index (χ4v) is 4.20. The molecule has 124 valence electrons. The van der Waals surface area contributed by atoms with Crippen LogP contribution in [0, 0.1) is 13.8 Å². The van der Waals surface area contributed by atoms with Gasteiger partial charge in [0.05, 0.1) is 17.1 Å². The lowest BCUT2D eigenvalue weighted by Gasteiger charge is -2.05. The number of nitrogens with one attached hydrogen (secondary N) is 1. The average molecular weight is 358 g/mol. The van der Waals surface area contributed by atoms with E-state index in [0.717, 1.165) is 21.7 Å². The second-order valence-corrected chi connectivity index (χ2v) is 8.22. The normalized spacial score (nSPS) is 11.6. The molecule has 3 aromatic rings. The van der Waals surface area contributed by atoms with Crippen molar-refractivity contribution in [2.45, 2.75) is 25.3 Å². The Hall–Kier alpha value is -2.02. The zero-order valence-corrected chi connectivity index (χ0v) is 15.1. The van der Waals surface area contributed by atoms with Crippen LogP contribution in [0.4, 0.5) is 0 Å². The lowest BCUT2D eigenvalue weighted by molar-refractivity contribution is 0.580. The number of aryl methyl sites for hydroxylation is 2. The summed E-state index contributed by atoms with van der Waals surface area (Å²) in [5.74, 6) is 0. The van der Waals surface area contributed by atoms with Crippen LogP contribution in [-0.2, 0) is 16.6 Å². The minimum Gasteiger partial charge on any atom is -0.240 e. The average Bonchev–Trinajstić information content (AvgIpc) is 3.03. The number of hydrogen-bond acceptors (Lipinski definition) is 4. The van der Waals surface area contributed by atoms with E-state index in [1.165, 1.54) is 11.3 Å². The van der Waals surface area contributed by atoms with Crippen LogP contribution in [0.1, 0.15) is 16.8 Å². The van der Waals surface area contributed by atoms with Crippen LogP contribution in [0.25, 0.3) is 10.6 Å². The fourth-order valence-electron chi connectivity index (χ4n) is 2.29. The highest BCUT2D eigenvalue weighted by molar-refractivity contribution is 7.89. The summed E-state index contributed by atoms with van der Waals surface area (Å²) < 4.78 is 27.2. The molecule has 24 heavy (non-hydrogen) atoms. The maximum absolute atomic E-state index is 12.3. The number of aromatic nitrogens is 1. The molecule has 1 N–H and O–H groups in total. The van der Waals surface area contributed by atoms with Gasteiger partial charge < -0.3 is 0 Å². The molecule has 0 amide bonds. The molecular weight excluding hydrogens is 340 g/mol. The van der Waals surface area contributed by atoms with E-state index in [1.807, 2.05) is 43.5 Å². The van der Waals surface area contributed by atoms with E-state index in [9.17, 15) is 8.42 Å². The van der Waals surface area contributed by atoms with Crippen LogP contribution in [0.15, 0.2) is 58.8 Å². The molecule has 0 saturated carbocycles. The standard InChI is InChI=1S/C18H18N2O2S2/c1-13-7-9-16(10-8-13)24(21,22)19-11-15-12-23-18(20-15)17-6-4-3-5-14(17)2/h3-10,12,19H,11H2,1-2H3. The van der Waals surface area contributed by atoms with E-state index < -0.39 is 10.0 Å². The minimum atomic E-state index is -3.52. The predicted octanol–water partition coefficient (Wildman–Crippen LogP) is 3.91. The minimum absolute atomic E-state index is 0.179. The molecule has 0 atom stereocenters. The fraction of sp³-hybridized carbons (Fsp3) is 0.167. The molecule has 6 heteroatoms. The number of hydrogen-bond donors (Lipinski definition) is 1. The summed E-state index contributed by atoms with van der Waals surface area (Å²) in [6, 6.07) is 14.8. The summed E-state index contributed by atoms with van der Waals surface area (Å²) in [6.07, 6.45) is 0. The third-order valence-electron chi connectivity index (χ3n) is 3.70. The molecule has 0 unspecified atom stereocenters. The largest absolute Gasteiger partial charge is 0.240 e. The van der Waals surface area contributed by atoms with Crippen molar-refractivity contribution in [1.29, 1.82) is 0 Å². The summed E-state index contributed by atoms with van der Waals surface area (Å²) in [4.78, 5) is 4.81. The smallest absolute Gasteiger partial charge is 0.240 e. The van der Waals surface area contributed by atoms with Gasteiger partial charge in [-0.15, -0.1) is 11.3 Å². The summed E-state index contributed by atoms with van der Waals surface area (Å²) in [6.45, 7) is 4.14. The molecule has 0 saturated heterocycles. The maximum Gasteiger partial charge on any atom is 0.240 e. The zero-order valence-electron chi connectivity index (χ0n) is 13.5. The van der Waals surface area contributed by atoms with Crippen LogP contribution in [0.2, 0.25) is 0 Å². The van der Waals surface area contributed by atoms with Gasteiger partial charge in [0.15, 0.2) is 0 Å². The number of rotatable bonds is 5. The quantitative estimate of drug-likeness (QED) is 0.752. The number of thiazole rings is 1. The molecule has 0 aliphatic heterocycles. The Morgan fingerprint density at radius 2 is 1.75 bits per heavy atom. The van der Waals surface area contributed by atoms with Gasteiger partial charge in [0.25, 0.3) is 0 Å². The van der Waals surface area contributed by atoms with E-state index in [4.69, 9.17) is 0 Å². The Labute approximate surface area is 146 Å². The third-order valence-corrected chi connectivity index (χ3v) is 6.04. The second-order valence-electron chi connectivity index (χ2n) is 5.60. The number of nitrogens with zero attached hydrogens (tertiary/aromatic N) is 1. The topological polar surface area (TPSA) is 59.1 Å². The van der Waals surface area contributed by atoms with E-state index in [1.54, 1.807) is 24.3 Å². The van der Waals surface area contributed by atoms with Crippen molar-refractivity contribution in [3.8, 4) is 10.6 Å². The molecule has 1 heterocycles. The summed E-state index contributed by atoms with van der Waals surface area (Å²) in [5, 5.41) is 2.79. The Morgan fingerprint density at radius 1 is 1.04 bits per heavy atom. The van der Waals surface area contributed by atoms with Gasteiger partial charge in [-0.1, -0.05) is 42.0 Å². The number of benzene rings is 2. The SMILES string of the molecule is Cc1ccc(S(=O)(=O)NCc2csc(-c3ccccc3C)n2)cc1. The highest BCUT2D eigenvalue weighted by atomic mass is 32.2. The van der Waals surface area contributed by atoms with Crippen molar-refractivity contribution < 1.29 is 8.42 Å². The van der Waals surface area contributed by atoms with Crippen molar-refractivity contribution in [3.05, 3.63) is 70.7 Å². The molecule has 3 rings (SSSR count). The molecule has 0 fully saturated rings. The van der Waals surface area contributed by atoms with Crippen molar-refractivity contribution >= 4 is 21.4 Å². The molecule has 2 aromatic carbocycles. The molecule has 0 radical (unpaired) electrons. The summed E-state index contributed by atoms with van der Waals surface area (Å²) in [5.41, 5.74) is 3.97. The van der Waals surface area contributed by atoms with Crippen molar-refractivity contribution in [2.24, 2.45) is 0 Å². The lowest BCUT2D eigenvalue weighted by atomic mass is 10.1. The first kappa shape index (κ1) is 16.8. The van der Waals surface area contributed by atoms with Gasteiger partial charge in [-0.25, -0.2) is 18.1 Å². The van der Waals surface area contributed by atoms with Gasteiger partial charge in [-0.3, -0.25) is 0 Å². The van der Waals surface area contributed by atoms with Crippen LogP contribution >= 0.6 is 11.3 Å². The van der Waals surface area contributed by atoms with Crippen LogP contribution in [-0.4, -0.2) is 13.4 Å². The van der Waals surface area contributed by atoms with Crippen molar-refractivity contribution in [1.82, 2.24) is 9.71 Å². The second kappa shape index (κ2) is 6.84. The lowest BCUT2D eigenvalue weighted by Crippen LogP contribution is -2.23. The molecule has 4 nitrogen and oxygen atoms in total. The first-order valence-corrected chi connectivity index (χ1v) is 9.89. The van der Waals surface area contributed by atoms with Crippen LogP contribution < -0.4 is 4.72 Å².